The topological polar surface area (TPSA) is 116 Å². The van der Waals surface area contributed by atoms with Crippen LogP contribution in [0, 0.1) is 6.92 Å². The van der Waals surface area contributed by atoms with Gasteiger partial charge in [0, 0.05) is 24.4 Å². The number of aryl methyl sites for hydroxylation is 2. The Morgan fingerprint density at radius 3 is 2.56 bits per heavy atom. The van der Waals surface area contributed by atoms with Gasteiger partial charge >= 0.3 is 0 Å². The van der Waals surface area contributed by atoms with Crippen LogP contribution in [-0.2, 0) is 6.42 Å². The Labute approximate surface area is 194 Å². The fourth-order valence-electron chi connectivity index (χ4n) is 4.20. The van der Waals surface area contributed by atoms with Gasteiger partial charge in [-0.15, -0.1) is 0 Å². The zero-order valence-electron chi connectivity index (χ0n) is 18.8. The second-order valence-corrected chi connectivity index (χ2v) is 8.18. The molecule has 5 heterocycles. The van der Waals surface area contributed by atoms with E-state index in [1.807, 2.05) is 34.9 Å². The predicted octanol–water partition coefficient (Wildman–Crippen LogP) is 3.99. The summed E-state index contributed by atoms with van der Waals surface area (Å²) in [6.07, 6.45) is 6.52. The highest BCUT2D eigenvalue weighted by Crippen LogP contribution is 2.31. The van der Waals surface area contributed by atoms with E-state index in [4.69, 9.17) is 9.97 Å². The molecule has 0 aliphatic rings. The van der Waals surface area contributed by atoms with E-state index in [0.717, 1.165) is 53.0 Å². The number of hydrogen-bond acceptors (Lipinski definition) is 7. The van der Waals surface area contributed by atoms with Gasteiger partial charge in [0.2, 0.25) is 0 Å². The lowest BCUT2D eigenvalue weighted by Gasteiger charge is -2.09. The van der Waals surface area contributed by atoms with Gasteiger partial charge in [0.05, 0.1) is 5.69 Å². The lowest BCUT2D eigenvalue weighted by molar-refractivity contribution is 0.743. The summed E-state index contributed by atoms with van der Waals surface area (Å²) >= 11 is 0. The number of benzene rings is 1. The number of fused-ring (bicyclic) bond motifs is 2. The molecule has 0 saturated heterocycles. The summed E-state index contributed by atoms with van der Waals surface area (Å²) < 4.78 is 3.95. The molecule has 0 aliphatic heterocycles. The number of rotatable bonds is 6. The highest BCUT2D eigenvalue weighted by Gasteiger charge is 2.23. The van der Waals surface area contributed by atoms with Gasteiger partial charge in [-0.2, -0.15) is 0 Å². The average Bonchev–Trinajstić information content (AvgIpc) is 3.59. The summed E-state index contributed by atoms with van der Waals surface area (Å²) in [6.45, 7) is 4.23. The fraction of sp³-hybridized carbons (Fsp3) is 0.208. The Balaban J connectivity index is 1.66. The fourth-order valence-corrected chi connectivity index (χ4v) is 4.20. The molecule has 1 aromatic carbocycles. The van der Waals surface area contributed by atoms with Gasteiger partial charge in [-0.1, -0.05) is 48.3 Å². The predicted molar refractivity (Wildman–Crippen MR) is 128 cm³/mol. The van der Waals surface area contributed by atoms with Crippen molar-refractivity contribution >= 4 is 22.3 Å². The summed E-state index contributed by atoms with van der Waals surface area (Å²) in [5.74, 6) is 2.10. The second-order valence-electron chi connectivity index (χ2n) is 8.18. The number of nitrogens with one attached hydrogen (secondary N) is 1. The van der Waals surface area contributed by atoms with Crippen LogP contribution in [0.25, 0.3) is 45.4 Å². The first kappa shape index (κ1) is 20.2. The van der Waals surface area contributed by atoms with Crippen LogP contribution in [0.15, 0.2) is 54.9 Å². The van der Waals surface area contributed by atoms with Crippen LogP contribution >= 0.6 is 0 Å². The monoisotopic (exact) mass is 450 g/mol. The molecule has 0 bridgehead atoms. The average molecular weight is 451 g/mol. The number of tetrazole rings is 1. The van der Waals surface area contributed by atoms with Crippen molar-refractivity contribution in [3.63, 3.8) is 0 Å². The minimum atomic E-state index is 0.447. The summed E-state index contributed by atoms with van der Waals surface area (Å²) in [7, 11) is 0. The Hall–Kier alpha value is -4.47. The molecule has 5 aromatic heterocycles. The summed E-state index contributed by atoms with van der Waals surface area (Å²) in [4.78, 5) is 19.3. The van der Waals surface area contributed by atoms with Gasteiger partial charge in [0.25, 0.3) is 5.95 Å². The van der Waals surface area contributed by atoms with Crippen molar-refractivity contribution in [3.05, 3.63) is 66.2 Å². The first-order valence-electron chi connectivity index (χ1n) is 11.3. The number of unbranched alkanes of at least 4 members (excludes halogenated alkanes) is 1. The van der Waals surface area contributed by atoms with Crippen LogP contribution in [0.3, 0.4) is 0 Å². The molecule has 0 amide bonds. The van der Waals surface area contributed by atoms with Crippen LogP contribution in [-0.4, -0.2) is 49.7 Å². The van der Waals surface area contributed by atoms with Crippen LogP contribution in [0.4, 0.5) is 0 Å². The Morgan fingerprint density at radius 1 is 0.912 bits per heavy atom. The normalized spacial score (nSPS) is 11.6. The Morgan fingerprint density at radius 2 is 1.76 bits per heavy atom. The van der Waals surface area contributed by atoms with Crippen molar-refractivity contribution in [3.8, 4) is 23.0 Å². The molecular formula is C24H22N10. The molecule has 34 heavy (non-hydrogen) atoms. The summed E-state index contributed by atoms with van der Waals surface area (Å²) in [5.41, 5.74) is 6.00. The number of imidazole rings is 2. The Kier molecular flexibility index (Phi) is 4.83. The molecule has 0 radical (unpaired) electrons. The van der Waals surface area contributed by atoms with Crippen molar-refractivity contribution in [2.24, 2.45) is 0 Å². The van der Waals surface area contributed by atoms with Crippen LogP contribution in [0.1, 0.15) is 31.2 Å². The lowest BCUT2D eigenvalue weighted by atomic mass is 10.1. The molecule has 1 N–H and O–H groups in total. The second kappa shape index (κ2) is 8.14. The maximum absolute atomic E-state index is 5.06. The molecule has 0 spiro atoms. The molecule has 6 rings (SSSR count). The molecule has 10 nitrogen and oxygen atoms in total. The van der Waals surface area contributed by atoms with E-state index in [1.54, 1.807) is 12.4 Å². The van der Waals surface area contributed by atoms with Crippen molar-refractivity contribution in [2.45, 2.75) is 33.1 Å². The minimum absolute atomic E-state index is 0.447. The number of aromatic amines is 1. The third-order valence-corrected chi connectivity index (χ3v) is 5.86. The molecule has 0 fully saturated rings. The van der Waals surface area contributed by atoms with Gasteiger partial charge in [-0.05, 0) is 42.0 Å². The van der Waals surface area contributed by atoms with E-state index >= 15 is 0 Å². The van der Waals surface area contributed by atoms with Crippen LogP contribution < -0.4 is 0 Å². The van der Waals surface area contributed by atoms with Crippen LogP contribution in [0.2, 0.25) is 0 Å². The Bertz CT molecular complexity index is 1590. The number of hydrogen-bond donors (Lipinski definition) is 1. The molecule has 0 aliphatic carbocycles. The zero-order chi connectivity index (χ0) is 23.1. The van der Waals surface area contributed by atoms with E-state index in [-0.39, 0.29) is 0 Å². The van der Waals surface area contributed by atoms with E-state index < -0.39 is 0 Å². The van der Waals surface area contributed by atoms with Crippen molar-refractivity contribution in [1.82, 2.24) is 49.7 Å². The summed E-state index contributed by atoms with van der Waals surface area (Å²) in [6, 6.07) is 14.1. The standard InChI is InChI=1S/C24H22N10/c1-3-4-7-19-27-17-6-5-13-25-22(17)33(19)18-12-14-26-23-20(18)28-21(16-10-8-15(2)9-11-16)34(23)24-29-31-32-30-24/h5-6,8-14H,3-4,7H2,1-2H3,(H,29,30,31,32). The molecule has 10 heteroatoms. The molecule has 6 aromatic rings. The third kappa shape index (κ3) is 3.22. The number of aromatic nitrogens is 10. The smallest absolute Gasteiger partial charge is 0.254 e. The maximum atomic E-state index is 5.06. The first-order valence-corrected chi connectivity index (χ1v) is 11.3. The highest BCUT2D eigenvalue weighted by molar-refractivity contribution is 5.88. The molecule has 168 valence electrons. The molecule has 0 atom stereocenters. The van der Waals surface area contributed by atoms with E-state index in [2.05, 4.69) is 61.1 Å². The van der Waals surface area contributed by atoms with E-state index in [1.165, 1.54) is 5.56 Å². The molecular weight excluding hydrogens is 428 g/mol. The van der Waals surface area contributed by atoms with Crippen LogP contribution in [0.5, 0.6) is 0 Å². The van der Waals surface area contributed by atoms with E-state index in [9.17, 15) is 0 Å². The summed E-state index contributed by atoms with van der Waals surface area (Å²) in [5, 5.41) is 14.5. The van der Waals surface area contributed by atoms with E-state index in [0.29, 0.717) is 17.4 Å². The van der Waals surface area contributed by atoms with Gasteiger partial charge in [0.15, 0.2) is 11.3 Å². The maximum Gasteiger partial charge on any atom is 0.254 e. The van der Waals surface area contributed by atoms with Gasteiger partial charge < -0.3 is 0 Å². The largest absolute Gasteiger partial charge is 0.278 e. The quantitative estimate of drug-likeness (QED) is 0.408. The molecule has 0 saturated carbocycles. The minimum Gasteiger partial charge on any atom is -0.278 e. The van der Waals surface area contributed by atoms with Crippen molar-refractivity contribution < 1.29 is 0 Å². The van der Waals surface area contributed by atoms with Crippen molar-refractivity contribution in [2.75, 3.05) is 0 Å². The molecule has 0 unspecified atom stereocenters. The SMILES string of the molecule is CCCCc1nc2cccnc2n1-c1ccnc2c1nc(-c1ccc(C)cc1)n2-c1nnn[nH]1. The number of H-pyrrole nitrogens is 1. The van der Waals surface area contributed by atoms with Gasteiger partial charge in [-0.3, -0.25) is 4.57 Å². The first-order chi connectivity index (χ1) is 16.7. The van der Waals surface area contributed by atoms with Crippen molar-refractivity contribution in [1.29, 1.82) is 0 Å². The highest BCUT2D eigenvalue weighted by atomic mass is 15.5. The lowest BCUT2D eigenvalue weighted by Crippen LogP contribution is -2.04. The third-order valence-electron chi connectivity index (χ3n) is 5.86. The van der Waals surface area contributed by atoms with Gasteiger partial charge in [0.1, 0.15) is 22.7 Å². The zero-order valence-corrected chi connectivity index (χ0v) is 18.8. The number of nitrogens with zero attached hydrogens (tertiary/aromatic N) is 9. The number of pyridine rings is 2. The van der Waals surface area contributed by atoms with Gasteiger partial charge in [-0.25, -0.2) is 29.6 Å².